The highest BCUT2D eigenvalue weighted by molar-refractivity contribution is 6.03. The van der Waals surface area contributed by atoms with E-state index in [1.54, 1.807) is 12.3 Å². The van der Waals surface area contributed by atoms with Crippen molar-refractivity contribution >= 4 is 23.2 Å². The van der Waals surface area contributed by atoms with Gasteiger partial charge in [0.05, 0.1) is 0 Å². The summed E-state index contributed by atoms with van der Waals surface area (Å²) in [5, 5.41) is 6.11. The van der Waals surface area contributed by atoms with Gasteiger partial charge in [0.2, 0.25) is 5.95 Å². The molecule has 0 unspecified atom stereocenters. The molecule has 0 saturated carbocycles. The molecule has 0 bridgehead atoms. The van der Waals surface area contributed by atoms with Gasteiger partial charge in [-0.2, -0.15) is 0 Å². The van der Waals surface area contributed by atoms with Gasteiger partial charge in [-0.15, -0.1) is 0 Å². The Morgan fingerprint density at radius 1 is 1.00 bits per heavy atom. The van der Waals surface area contributed by atoms with E-state index in [1.165, 1.54) is 0 Å². The molecular formula is C22H24N4O. The van der Waals surface area contributed by atoms with E-state index in [-0.39, 0.29) is 11.3 Å². The Bertz CT molecular complexity index is 960. The van der Waals surface area contributed by atoms with Crippen LogP contribution in [-0.4, -0.2) is 15.9 Å². The molecule has 3 aromatic rings. The molecule has 138 valence electrons. The second-order valence-electron chi connectivity index (χ2n) is 7.51. The second-order valence-corrected chi connectivity index (χ2v) is 7.51. The van der Waals surface area contributed by atoms with Gasteiger partial charge in [-0.1, -0.05) is 51.1 Å². The number of carbonyl (C=O) groups excluding carboxylic acids is 1. The van der Waals surface area contributed by atoms with Gasteiger partial charge in [0.1, 0.15) is 5.69 Å². The second kappa shape index (κ2) is 7.58. The van der Waals surface area contributed by atoms with Crippen LogP contribution in [0.3, 0.4) is 0 Å². The van der Waals surface area contributed by atoms with Gasteiger partial charge >= 0.3 is 0 Å². The largest absolute Gasteiger partial charge is 0.324 e. The summed E-state index contributed by atoms with van der Waals surface area (Å²) in [6.07, 6.45) is 1.58. The Labute approximate surface area is 159 Å². The third kappa shape index (κ3) is 4.70. The van der Waals surface area contributed by atoms with Gasteiger partial charge in [0.25, 0.3) is 5.91 Å². The Morgan fingerprint density at radius 3 is 2.52 bits per heavy atom. The monoisotopic (exact) mass is 360 g/mol. The fourth-order valence-corrected chi connectivity index (χ4v) is 2.83. The van der Waals surface area contributed by atoms with Gasteiger partial charge in [0, 0.05) is 17.6 Å². The van der Waals surface area contributed by atoms with Gasteiger partial charge < -0.3 is 10.6 Å². The topological polar surface area (TPSA) is 66.9 Å². The highest BCUT2D eigenvalue weighted by Crippen LogP contribution is 2.30. The number of carbonyl (C=O) groups is 1. The van der Waals surface area contributed by atoms with Crippen molar-refractivity contribution in [3.63, 3.8) is 0 Å². The molecule has 0 radical (unpaired) electrons. The molecule has 0 aliphatic rings. The van der Waals surface area contributed by atoms with E-state index >= 15 is 0 Å². The van der Waals surface area contributed by atoms with Crippen LogP contribution in [0.2, 0.25) is 0 Å². The Balaban J connectivity index is 1.81. The molecule has 0 atom stereocenters. The number of anilines is 3. The molecule has 27 heavy (non-hydrogen) atoms. The van der Waals surface area contributed by atoms with Crippen LogP contribution in [0.4, 0.5) is 17.3 Å². The molecule has 2 aromatic carbocycles. The number of amides is 1. The van der Waals surface area contributed by atoms with Crippen molar-refractivity contribution in [3.05, 3.63) is 77.6 Å². The number of nitrogens with zero attached hydrogens (tertiary/aromatic N) is 2. The summed E-state index contributed by atoms with van der Waals surface area (Å²) < 4.78 is 0. The molecule has 1 amide bonds. The average molecular weight is 360 g/mol. The number of aromatic nitrogens is 2. The molecule has 1 aromatic heterocycles. The Kier molecular flexibility index (Phi) is 5.21. The zero-order chi connectivity index (χ0) is 19.4. The molecule has 0 aliphatic heterocycles. The van der Waals surface area contributed by atoms with Crippen molar-refractivity contribution in [1.82, 2.24) is 9.97 Å². The summed E-state index contributed by atoms with van der Waals surface area (Å²) in [5.74, 6) is 0.124. The summed E-state index contributed by atoms with van der Waals surface area (Å²) >= 11 is 0. The molecule has 0 fully saturated rings. The van der Waals surface area contributed by atoms with Crippen LogP contribution in [0.25, 0.3) is 0 Å². The number of nitrogens with one attached hydrogen (secondary N) is 2. The van der Waals surface area contributed by atoms with Crippen LogP contribution in [0.1, 0.15) is 42.4 Å². The van der Waals surface area contributed by atoms with E-state index in [1.807, 2.05) is 49.4 Å². The predicted octanol–water partition coefficient (Wildman–Crippen LogP) is 5.08. The number of hydrogen-bond donors (Lipinski definition) is 2. The lowest BCUT2D eigenvalue weighted by Gasteiger charge is -2.23. The van der Waals surface area contributed by atoms with Crippen LogP contribution >= 0.6 is 0 Å². The van der Waals surface area contributed by atoms with E-state index in [4.69, 9.17) is 0 Å². The van der Waals surface area contributed by atoms with Crippen LogP contribution in [0.5, 0.6) is 0 Å². The number of hydrogen-bond acceptors (Lipinski definition) is 4. The summed E-state index contributed by atoms with van der Waals surface area (Å²) in [7, 11) is 0. The van der Waals surface area contributed by atoms with Crippen LogP contribution < -0.4 is 10.6 Å². The minimum absolute atomic E-state index is 0.0241. The van der Waals surface area contributed by atoms with Crippen LogP contribution in [-0.2, 0) is 5.41 Å². The fourth-order valence-electron chi connectivity index (χ4n) is 2.83. The lowest BCUT2D eigenvalue weighted by molar-refractivity contribution is 0.102. The molecular weight excluding hydrogens is 336 g/mol. The first-order valence-corrected chi connectivity index (χ1v) is 8.90. The van der Waals surface area contributed by atoms with Gasteiger partial charge in [-0.3, -0.25) is 4.79 Å². The third-order valence-electron chi connectivity index (χ3n) is 4.15. The number of aryl methyl sites for hydroxylation is 1. The van der Waals surface area contributed by atoms with E-state index in [0.29, 0.717) is 11.6 Å². The standard InChI is InChI=1S/C22H24N4O/c1-15-8-7-9-16(14-15)24-20(27)19-12-13-23-21(26-19)25-18-11-6-5-10-17(18)22(2,3)4/h5-14H,1-4H3,(H,24,27)(H,23,25,26). The quantitative estimate of drug-likeness (QED) is 0.681. The van der Waals surface area contributed by atoms with Crippen molar-refractivity contribution in [2.75, 3.05) is 10.6 Å². The van der Waals surface area contributed by atoms with E-state index in [9.17, 15) is 4.79 Å². The summed E-state index contributed by atoms with van der Waals surface area (Å²) in [5.41, 5.74) is 4.19. The van der Waals surface area contributed by atoms with Crippen molar-refractivity contribution in [1.29, 1.82) is 0 Å². The molecule has 3 rings (SSSR count). The fraction of sp³-hybridized carbons (Fsp3) is 0.227. The number of benzene rings is 2. The molecule has 0 aliphatic carbocycles. The maximum Gasteiger partial charge on any atom is 0.274 e. The maximum atomic E-state index is 12.5. The zero-order valence-corrected chi connectivity index (χ0v) is 16.1. The Hall–Kier alpha value is -3.21. The minimum Gasteiger partial charge on any atom is -0.324 e. The molecule has 0 saturated heterocycles. The first-order valence-electron chi connectivity index (χ1n) is 8.90. The van der Waals surface area contributed by atoms with Gasteiger partial charge in [-0.05, 0) is 47.7 Å². The predicted molar refractivity (Wildman–Crippen MR) is 110 cm³/mol. The minimum atomic E-state index is -0.268. The Morgan fingerprint density at radius 2 is 1.78 bits per heavy atom. The van der Waals surface area contributed by atoms with Crippen LogP contribution in [0, 0.1) is 6.92 Å². The number of para-hydroxylation sites is 1. The van der Waals surface area contributed by atoms with Gasteiger partial charge in [0.15, 0.2) is 0 Å². The van der Waals surface area contributed by atoms with Crippen molar-refractivity contribution < 1.29 is 4.79 Å². The van der Waals surface area contributed by atoms with E-state index < -0.39 is 0 Å². The lowest BCUT2D eigenvalue weighted by Crippen LogP contribution is -2.16. The van der Waals surface area contributed by atoms with Crippen LogP contribution in [0.15, 0.2) is 60.8 Å². The normalized spacial score (nSPS) is 11.1. The van der Waals surface area contributed by atoms with Gasteiger partial charge in [-0.25, -0.2) is 9.97 Å². The highest BCUT2D eigenvalue weighted by Gasteiger charge is 2.18. The molecule has 5 nitrogen and oxygen atoms in total. The smallest absolute Gasteiger partial charge is 0.274 e. The molecule has 5 heteroatoms. The number of rotatable bonds is 4. The maximum absolute atomic E-state index is 12.5. The SMILES string of the molecule is Cc1cccc(NC(=O)c2ccnc(Nc3ccccc3C(C)(C)C)n2)c1. The molecule has 0 spiro atoms. The van der Waals surface area contributed by atoms with Crippen molar-refractivity contribution in [3.8, 4) is 0 Å². The molecule has 1 heterocycles. The summed E-state index contributed by atoms with van der Waals surface area (Å²) in [6, 6.07) is 17.3. The molecule has 2 N–H and O–H groups in total. The van der Waals surface area contributed by atoms with Crippen molar-refractivity contribution in [2.24, 2.45) is 0 Å². The lowest BCUT2D eigenvalue weighted by atomic mass is 9.86. The van der Waals surface area contributed by atoms with E-state index in [2.05, 4.69) is 47.4 Å². The van der Waals surface area contributed by atoms with Crippen molar-refractivity contribution in [2.45, 2.75) is 33.1 Å². The summed E-state index contributed by atoms with van der Waals surface area (Å²) in [6.45, 7) is 8.44. The third-order valence-corrected chi connectivity index (χ3v) is 4.15. The highest BCUT2D eigenvalue weighted by atomic mass is 16.1. The average Bonchev–Trinajstić information content (AvgIpc) is 2.61. The summed E-state index contributed by atoms with van der Waals surface area (Å²) in [4.78, 5) is 21.2. The van der Waals surface area contributed by atoms with E-state index in [0.717, 1.165) is 22.5 Å². The first kappa shape index (κ1) is 18.6. The zero-order valence-electron chi connectivity index (χ0n) is 16.1. The first-order chi connectivity index (χ1) is 12.8.